The average Bonchev–Trinajstić information content (AvgIpc) is 2.88. The summed E-state index contributed by atoms with van der Waals surface area (Å²) in [6.45, 7) is 5.19. The summed E-state index contributed by atoms with van der Waals surface area (Å²) in [4.78, 5) is 12.0. The number of aliphatic hydroxyl groups is 1. The molecule has 1 aliphatic rings. The minimum Gasteiger partial charge on any atom is -0.483 e. The zero-order valence-corrected chi connectivity index (χ0v) is 13.6. The summed E-state index contributed by atoms with van der Waals surface area (Å²) in [6.07, 6.45) is -4.95. The average molecular weight is 344 g/mol. The summed E-state index contributed by atoms with van der Waals surface area (Å²) in [5.74, 6) is -0.359. The van der Waals surface area contributed by atoms with Crippen molar-refractivity contribution in [3.63, 3.8) is 0 Å². The molecule has 0 saturated heterocycles. The highest BCUT2D eigenvalue weighted by atomic mass is 19.4. The third-order valence-electron chi connectivity index (χ3n) is 3.83. The fourth-order valence-corrected chi connectivity index (χ4v) is 2.33. The van der Waals surface area contributed by atoms with E-state index < -0.39 is 30.8 Å². The van der Waals surface area contributed by atoms with Gasteiger partial charge in [-0.25, -0.2) is 0 Å². The number of alkyl halides is 3. The number of aryl methyl sites for hydroxylation is 1. The van der Waals surface area contributed by atoms with Crippen molar-refractivity contribution in [3.8, 4) is 5.75 Å². The number of rotatable bonds is 4. The van der Waals surface area contributed by atoms with E-state index in [0.29, 0.717) is 11.7 Å². The lowest BCUT2D eigenvalue weighted by Gasteiger charge is -2.32. The Balaban J connectivity index is 2.07. The number of carbonyl (C=O) groups is 1. The quantitative estimate of drug-likeness (QED) is 0.913. The Morgan fingerprint density at radius 3 is 2.67 bits per heavy atom. The molecular weight excluding hydrogens is 325 g/mol. The van der Waals surface area contributed by atoms with Crippen molar-refractivity contribution in [2.24, 2.45) is 5.10 Å². The zero-order valence-electron chi connectivity index (χ0n) is 13.6. The predicted molar refractivity (Wildman–Crippen MR) is 81.7 cm³/mol. The number of hydrogen-bond acceptors (Lipinski definition) is 4. The van der Waals surface area contributed by atoms with Gasteiger partial charge < -0.3 is 9.84 Å². The van der Waals surface area contributed by atoms with Gasteiger partial charge in [-0.15, -0.1) is 0 Å². The Morgan fingerprint density at radius 2 is 2.12 bits per heavy atom. The normalized spacial score (nSPS) is 20.8. The summed E-state index contributed by atoms with van der Waals surface area (Å²) in [6, 6.07) is 5.39. The van der Waals surface area contributed by atoms with Crippen LogP contribution < -0.4 is 4.74 Å². The van der Waals surface area contributed by atoms with Gasteiger partial charge >= 0.3 is 6.18 Å². The first kappa shape index (κ1) is 18.3. The molecule has 132 valence electrons. The molecular formula is C16H19F3N2O3. The maximum absolute atomic E-state index is 12.9. The maximum Gasteiger partial charge on any atom is 0.438 e. The van der Waals surface area contributed by atoms with E-state index in [9.17, 15) is 23.1 Å². The molecule has 1 atom stereocenters. The SMILES string of the molecule is Cc1cc(C(C)C)ccc1OCC(=O)N1N=CC[C@@]1(O)C(F)(F)F. The van der Waals surface area contributed by atoms with Crippen LogP contribution in [0.3, 0.4) is 0 Å². The molecule has 1 aliphatic heterocycles. The standard InChI is InChI=1S/C16H19F3N2O3/c1-10(2)12-4-5-13(11(3)8-12)24-9-14(22)21-15(23,6-7-20-21)16(17,18)19/h4-5,7-8,10,23H,6,9H2,1-3H3/t15-/m1/s1. The highest BCUT2D eigenvalue weighted by Gasteiger charge is 2.61. The van der Waals surface area contributed by atoms with Crippen LogP contribution in [0.4, 0.5) is 13.2 Å². The van der Waals surface area contributed by atoms with Gasteiger partial charge in [0.2, 0.25) is 0 Å². The Hall–Kier alpha value is -2.09. The molecule has 5 nitrogen and oxygen atoms in total. The molecule has 0 saturated carbocycles. The van der Waals surface area contributed by atoms with Crippen molar-refractivity contribution in [1.29, 1.82) is 0 Å². The molecule has 24 heavy (non-hydrogen) atoms. The van der Waals surface area contributed by atoms with E-state index in [0.717, 1.165) is 17.3 Å². The molecule has 0 unspecified atom stereocenters. The first-order valence-corrected chi connectivity index (χ1v) is 7.44. The summed E-state index contributed by atoms with van der Waals surface area (Å²) in [5, 5.41) is 13.1. The van der Waals surface area contributed by atoms with Gasteiger partial charge in [0.05, 0.1) is 0 Å². The molecule has 2 rings (SSSR count). The van der Waals surface area contributed by atoms with Gasteiger partial charge in [0, 0.05) is 12.6 Å². The van der Waals surface area contributed by atoms with E-state index in [4.69, 9.17) is 4.74 Å². The van der Waals surface area contributed by atoms with Crippen LogP contribution >= 0.6 is 0 Å². The molecule has 1 heterocycles. The molecule has 1 N–H and O–H groups in total. The number of halogens is 3. The van der Waals surface area contributed by atoms with E-state index in [1.54, 1.807) is 13.0 Å². The van der Waals surface area contributed by atoms with Gasteiger partial charge in [0.15, 0.2) is 6.61 Å². The lowest BCUT2D eigenvalue weighted by molar-refractivity contribution is -0.302. The second-order valence-electron chi connectivity index (χ2n) is 5.99. The van der Waals surface area contributed by atoms with E-state index in [1.807, 2.05) is 26.0 Å². The summed E-state index contributed by atoms with van der Waals surface area (Å²) >= 11 is 0. The summed E-state index contributed by atoms with van der Waals surface area (Å²) < 4.78 is 44.1. The van der Waals surface area contributed by atoms with E-state index >= 15 is 0 Å². The predicted octanol–water partition coefficient (Wildman–Crippen LogP) is 2.97. The van der Waals surface area contributed by atoms with Crippen LogP contribution in [-0.2, 0) is 4.79 Å². The van der Waals surface area contributed by atoms with E-state index in [1.165, 1.54) is 0 Å². The molecule has 8 heteroatoms. The highest BCUT2D eigenvalue weighted by molar-refractivity contribution is 5.81. The Bertz CT molecular complexity index is 658. The molecule has 0 aliphatic carbocycles. The Morgan fingerprint density at radius 1 is 1.46 bits per heavy atom. The minimum absolute atomic E-state index is 0.0326. The van der Waals surface area contributed by atoms with Crippen molar-refractivity contribution in [2.45, 2.75) is 45.0 Å². The second-order valence-corrected chi connectivity index (χ2v) is 5.99. The van der Waals surface area contributed by atoms with Crippen molar-refractivity contribution in [1.82, 2.24) is 5.01 Å². The molecule has 1 amide bonds. The molecule has 0 bridgehead atoms. The topological polar surface area (TPSA) is 62.1 Å². The molecule has 1 aromatic carbocycles. The second kappa shape index (κ2) is 6.43. The van der Waals surface area contributed by atoms with Crippen molar-refractivity contribution >= 4 is 12.1 Å². The van der Waals surface area contributed by atoms with Crippen LogP contribution in [0, 0.1) is 6.92 Å². The molecule has 0 spiro atoms. The van der Waals surface area contributed by atoms with Crippen LogP contribution in [0.25, 0.3) is 0 Å². The van der Waals surface area contributed by atoms with Crippen LogP contribution in [0.2, 0.25) is 0 Å². The monoisotopic (exact) mass is 344 g/mol. The van der Waals surface area contributed by atoms with Gasteiger partial charge in [0.1, 0.15) is 5.75 Å². The fraction of sp³-hybridized carbons (Fsp3) is 0.500. The van der Waals surface area contributed by atoms with Crippen LogP contribution in [0.15, 0.2) is 23.3 Å². The van der Waals surface area contributed by atoms with Crippen molar-refractivity contribution in [3.05, 3.63) is 29.3 Å². The van der Waals surface area contributed by atoms with Gasteiger partial charge in [-0.1, -0.05) is 26.0 Å². The largest absolute Gasteiger partial charge is 0.483 e. The Kier molecular flexibility index (Phi) is 4.89. The number of benzene rings is 1. The lowest BCUT2D eigenvalue weighted by Crippen LogP contribution is -2.57. The third-order valence-corrected chi connectivity index (χ3v) is 3.83. The molecule has 0 aromatic heterocycles. The number of hydrazone groups is 1. The fourth-order valence-electron chi connectivity index (χ4n) is 2.33. The maximum atomic E-state index is 12.9. The molecule has 0 radical (unpaired) electrons. The first-order chi connectivity index (χ1) is 11.1. The zero-order chi connectivity index (χ0) is 18.1. The van der Waals surface area contributed by atoms with E-state index in [-0.39, 0.29) is 5.01 Å². The van der Waals surface area contributed by atoms with Crippen LogP contribution in [-0.4, -0.2) is 40.7 Å². The highest BCUT2D eigenvalue weighted by Crippen LogP contribution is 2.38. The number of hydrogen-bond donors (Lipinski definition) is 1. The van der Waals surface area contributed by atoms with Gasteiger partial charge in [-0.05, 0) is 30.0 Å². The Labute approximate surface area is 137 Å². The van der Waals surface area contributed by atoms with Gasteiger partial charge in [-0.2, -0.15) is 23.3 Å². The smallest absolute Gasteiger partial charge is 0.438 e. The third kappa shape index (κ3) is 3.38. The van der Waals surface area contributed by atoms with Gasteiger partial charge in [0.25, 0.3) is 11.6 Å². The number of ether oxygens (including phenoxy) is 1. The van der Waals surface area contributed by atoms with Crippen LogP contribution in [0.1, 0.15) is 37.3 Å². The number of carbonyl (C=O) groups excluding carboxylic acids is 1. The summed E-state index contributed by atoms with van der Waals surface area (Å²) in [7, 11) is 0. The van der Waals surface area contributed by atoms with E-state index in [2.05, 4.69) is 5.10 Å². The van der Waals surface area contributed by atoms with Crippen molar-refractivity contribution < 1.29 is 27.8 Å². The molecule has 1 aromatic rings. The number of amides is 1. The van der Waals surface area contributed by atoms with Crippen LogP contribution in [0.5, 0.6) is 5.75 Å². The first-order valence-electron chi connectivity index (χ1n) is 7.44. The van der Waals surface area contributed by atoms with Crippen molar-refractivity contribution in [2.75, 3.05) is 6.61 Å². The summed E-state index contributed by atoms with van der Waals surface area (Å²) in [5.41, 5.74) is -1.46. The minimum atomic E-state index is -5.01. The number of nitrogens with zero attached hydrogens (tertiary/aromatic N) is 2. The molecule has 0 fully saturated rings. The lowest BCUT2D eigenvalue weighted by atomic mass is 10.0. The van der Waals surface area contributed by atoms with Gasteiger partial charge in [-0.3, -0.25) is 4.79 Å².